The summed E-state index contributed by atoms with van der Waals surface area (Å²) in [5, 5.41) is 9.39. The molecule has 1 aromatic carbocycles. The Morgan fingerprint density at radius 2 is 1.56 bits per heavy atom. The molecule has 3 fully saturated rings. The van der Waals surface area contributed by atoms with Gasteiger partial charge in [-0.25, -0.2) is 0 Å². The molecule has 3 saturated carbocycles. The second-order valence-corrected chi connectivity index (χ2v) is 5.27. The second-order valence-electron chi connectivity index (χ2n) is 5.27. The van der Waals surface area contributed by atoms with Crippen LogP contribution < -0.4 is 0 Å². The first-order valence-electron chi connectivity index (χ1n) is 6.34. The Labute approximate surface area is 97.1 Å². The molecule has 2 bridgehead atoms. The molecule has 0 N–H and O–H groups in total. The van der Waals surface area contributed by atoms with Crippen molar-refractivity contribution in [3.05, 3.63) is 35.9 Å². The molecule has 3 aliphatic rings. The summed E-state index contributed by atoms with van der Waals surface area (Å²) in [6.45, 7) is 0. The standard InChI is InChI=1S/C15H17N/c16-10-14-11-6-8-13(9-7-11)15(14)12-4-2-1-3-5-12/h1-5,11,13-15H,6-9H2/t11?,13?,14-,15-/m0/s1. The van der Waals surface area contributed by atoms with Crippen LogP contribution in [0.15, 0.2) is 30.3 Å². The van der Waals surface area contributed by atoms with E-state index >= 15 is 0 Å². The fourth-order valence-electron chi connectivity index (χ4n) is 3.79. The lowest BCUT2D eigenvalue weighted by atomic mass is 9.57. The predicted octanol–water partition coefficient (Wildman–Crippen LogP) is 3.73. The minimum absolute atomic E-state index is 0.273. The van der Waals surface area contributed by atoms with Crippen molar-refractivity contribution < 1.29 is 0 Å². The van der Waals surface area contributed by atoms with E-state index in [1.165, 1.54) is 31.2 Å². The summed E-state index contributed by atoms with van der Waals surface area (Å²) in [6, 6.07) is 13.3. The maximum absolute atomic E-state index is 9.39. The van der Waals surface area contributed by atoms with Crippen molar-refractivity contribution in [3.63, 3.8) is 0 Å². The van der Waals surface area contributed by atoms with Gasteiger partial charge in [0.25, 0.3) is 0 Å². The zero-order chi connectivity index (χ0) is 11.0. The molecule has 0 amide bonds. The maximum Gasteiger partial charge on any atom is 0.0665 e. The molecule has 4 rings (SSSR count). The predicted molar refractivity (Wildman–Crippen MR) is 63.7 cm³/mol. The molecule has 0 unspecified atom stereocenters. The van der Waals surface area contributed by atoms with Gasteiger partial charge in [0.15, 0.2) is 0 Å². The SMILES string of the molecule is N#C[C@H]1C2CCC(CC2)[C@@H]1c1ccccc1. The molecule has 82 valence electrons. The Morgan fingerprint density at radius 3 is 2.19 bits per heavy atom. The zero-order valence-corrected chi connectivity index (χ0v) is 9.47. The largest absolute Gasteiger partial charge is 0.198 e. The quantitative estimate of drug-likeness (QED) is 0.694. The molecule has 0 heterocycles. The number of hydrogen-bond donors (Lipinski definition) is 0. The lowest BCUT2D eigenvalue weighted by molar-refractivity contribution is 0.100. The zero-order valence-electron chi connectivity index (χ0n) is 9.47. The van der Waals surface area contributed by atoms with E-state index in [0.717, 1.165) is 5.92 Å². The first-order chi connectivity index (χ1) is 7.90. The molecule has 0 aromatic heterocycles. The van der Waals surface area contributed by atoms with Gasteiger partial charge in [0.05, 0.1) is 12.0 Å². The molecule has 1 heteroatoms. The maximum atomic E-state index is 9.39. The molecule has 3 aliphatic carbocycles. The summed E-state index contributed by atoms with van der Waals surface area (Å²) in [4.78, 5) is 0. The van der Waals surface area contributed by atoms with E-state index in [1.54, 1.807) is 0 Å². The van der Waals surface area contributed by atoms with Crippen LogP contribution in [-0.2, 0) is 0 Å². The third-order valence-electron chi connectivity index (χ3n) is 4.55. The normalized spacial score (nSPS) is 36.9. The summed E-state index contributed by atoms with van der Waals surface area (Å²) >= 11 is 0. The molecular weight excluding hydrogens is 194 g/mol. The monoisotopic (exact) mass is 211 g/mol. The third kappa shape index (κ3) is 1.45. The van der Waals surface area contributed by atoms with Crippen LogP contribution in [0.5, 0.6) is 0 Å². The summed E-state index contributed by atoms with van der Waals surface area (Å²) in [7, 11) is 0. The van der Waals surface area contributed by atoms with Gasteiger partial charge in [0.1, 0.15) is 0 Å². The minimum atomic E-state index is 0.273. The van der Waals surface area contributed by atoms with Crippen molar-refractivity contribution in [2.75, 3.05) is 0 Å². The highest BCUT2D eigenvalue weighted by Crippen LogP contribution is 2.52. The molecule has 0 aliphatic heterocycles. The van der Waals surface area contributed by atoms with E-state index < -0.39 is 0 Å². The highest BCUT2D eigenvalue weighted by atomic mass is 14.5. The topological polar surface area (TPSA) is 23.8 Å². The third-order valence-corrected chi connectivity index (χ3v) is 4.55. The van der Waals surface area contributed by atoms with Crippen LogP contribution >= 0.6 is 0 Å². The Kier molecular flexibility index (Phi) is 2.44. The first kappa shape index (κ1) is 9.90. The number of nitriles is 1. The summed E-state index contributed by atoms with van der Waals surface area (Å²) in [6.07, 6.45) is 5.24. The Bertz CT molecular complexity index is 395. The average molecular weight is 211 g/mol. The van der Waals surface area contributed by atoms with Gasteiger partial charge in [-0.2, -0.15) is 5.26 Å². The second kappa shape index (κ2) is 3.94. The van der Waals surface area contributed by atoms with Gasteiger partial charge in [0, 0.05) is 5.92 Å². The van der Waals surface area contributed by atoms with E-state index in [0.29, 0.717) is 11.8 Å². The number of nitrogens with zero attached hydrogens (tertiary/aromatic N) is 1. The van der Waals surface area contributed by atoms with Gasteiger partial charge >= 0.3 is 0 Å². The molecule has 2 atom stereocenters. The van der Waals surface area contributed by atoms with Crippen LogP contribution in [0.2, 0.25) is 0 Å². The molecular formula is C15H17N. The number of rotatable bonds is 1. The minimum Gasteiger partial charge on any atom is -0.198 e. The Balaban J connectivity index is 1.97. The van der Waals surface area contributed by atoms with Crippen molar-refractivity contribution in [1.82, 2.24) is 0 Å². The van der Waals surface area contributed by atoms with Gasteiger partial charge in [-0.1, -0.05) is 30.3 Å². The van der Waals surface area contributed by atoms with Crippen LogP contribution in [0.25, 0.3) is 0 Å². The molecule has 0 radical (unpaired) electrons. The van der Waals surface area contributed by atoms with Crippen molar-refractivity contribution in [3.8, 4) is 6.07 Å². The van der Waals surface area contributed by atoms with E-state index in [1.807, 2.05) is 0 Å². The fourth-order valence-corrected chi connectivity index (χ4v) is 3.79. The molecule has 16 heavy (non-hydrogen) atoms. The van der Waals surface area contributed by atoms with E-state index in [2.05, 4.69) is 36.4 Å². The number of hydrogen-bond acceptors (Lipinski definition) is 1. The van der Waals surface area contributed by atoms with Crippen LogP contribution in [0.4, 0.5) is 0 Å². The van der Waals surface area contributed by atoms with Crippen LogP contribution in [0, 0.1) is 29.1 Å². The summed E-state index contributed by atoms with van der Waals surface area (Å²) < 4.78 is 0. The molecule has 1 aromatic rings. The Hall–Kier alpha value is -1.29. The number of fused-ring (bicyclic) bond motifs is 3. The van der Waals surface area contributed by atoms with Crippen LogP contribution in [-0.4, -0.2) is 0 Å². The lowest BCUT2D eigenvalue weighted by Gasteiger charge is -2.46. The van der Waals surface area contributed by atoms with Gasteiger partial charge in [-0.05, 0) is 43.1 Å². The fraction of sp³-hybridized carbons (Fsp3) is 0.533. The van der Waals surface area contributed by atoms with Gasteiger partial charge < -0.3 is 0 Å². The highest BCUT2D eigenvalue weighted by Gasteiger charge is 2.44. The van der Waals surface area contributed by atoms with Gasteiger partial charge in [0.2, 0.25) is 0 Å². The molecule has 1 nitrogen and oxygen atoms in total. The van der Waals surface area contributed by atoms with Crippen molar-refractivity contribution in [2.24, 2.45) is 17.8 Å². The van der Waals surface area contributed by atoms with Gasteiger partial charge in [-0.3, -0.25) is 0 Å². The van der Waals surface area contributed by atoms with Crippen molar-refractivity contribution >= 4 is 0 Å². The smallest absolute Gasteiger partial charge is 0.0665 e. The summed E-state index contributed by atoms with van der Waals surface area (Å²) in [5.74, 6) is 2.21. The van der Waals surface area contributed by atoms with Crippen LogP contribution in [0.3, 0.4) is 0 Å². The lowest BCUT2D eigenvalue weighted by Crippen LogP contribution is -2.37. The first-order valence-corrected chi connectivity index (χ1v) is 6.34. The highest BCUT2D eigenvalue weighted by molar-refractivity contribution is 5.25. The average Bonchev–Trinajstić information content (AvgIpc) is 2.40. The van der Waals surface area contributed by atoms with E-state index in [4.69, 9.17) is 0 Å². The number of benzene rings is 1. The molecule has 0 spiro atoms. The van der Waals surface area contributed by atoms with Crippen molar-refractivity contribution in [1.29, 1.82) is 5.26 Å². The molecule has 0 saturated heterocycles. The van der Waals surface area contributed by atoms with Crippen LogP contribution in [0.1, 0.15) is 37.2 Å². The van der Waals surface area contributed by atoms with Gasteiger partial charge in [-0.15, -0.1) is 0 Å². The Morgan fingerprint density at radius 1 is 0.938 bits per heavy atom. The summed E-state index contributed by atoms with van der Waals surface area (Å²) in [5.41, 5.74) is 1.39. The van der Waals surface area contributed by atoms with Crippen molar-refractivity contribution in [2.45, 2.75) is 31.6 Å². The van der Waals surface area contributed by atoms with E-state index in [-0.39, 0.29) is 5.92 Å². The van der Waals surface area contributed by atoms with E-state index in [9.17, 15) is 5.26 Å².